The van der Waals surface area contributed by atoms with Gasteiger partial charge < -0.3 is 0 Å². The Bertz CT molecular complexity index is 0. The zero-order valence-electron chi connectivity index (χ0n) is 3.75. The van der Waals surface area contributed by atoms with Crippen LogP contribution in [0.25, 0.3) is 0 Å². The van der Waals surface area contributed by atoms with Crippen LogP contribution in [0.15, 0.2) is 0 Å². The zero-order chi connectivity index (χ0) is 0. The molecule has 0 unspecified atom stereocenters. The molecule has 0 aromatic carbocycles. The molecule has 0 saturated carbocycles. The average Bonchev–Trinajstić information content (AvgIpc) is 0. The Kier molecular flexibility index (Phi) is 422. The summed E-state index contributed by atoms with van der Waals surface area (Å²) in [5.74, 6) is 0. The Hall–Kier alpha value is 8.06. The first-order chi connectivity index (χ1) is 0. The van der Waals surface area contributed by atoms with Crippen molar-refractivity contribution in [1.29, 1.82) is 0 Å². The van der Waals surface area contributed by atoms with Crippen LogP contribution in [-0.2, 0) is 0 Å². The Balaban J connectivity index is 0. The summed E-state index contributed by atoms with van der Waals surface area (Å²) in [6.07, 6.45) is 0. The molecule has 0 saturated heterocycles. The topological polar surface area (TPSA) is 0 Å². The van der Waals surface area contributed by atoms with E-state index in [1.807, 2.05) is 0 Å². The average molecular weight is 1880 g/mol. The molecule has 0 aliphatic heterocycles. The number of hydrogen-bond acceptors (Lipinski definition) is 0. The normalized spacial score (nSPS) is 0. The maximum absolute atomic E-state index is 0. The second kappa shape index (κ2) is 56.1. The summed E-state index contributed by atoms with van der Waals surface area (Å²) in [6, 6.07) is 0. The smallest absolute Gasteiger partial charge is 0 e. The molecule has 0 bridgehead atoms. The molecule has 0 aromatic rings. The minimum atomic E-state index is 0. The first kappa shape index (κ1) is 67.7. The minimum absolute atomic E-state index is 0. The Morgan fingerprint density at radius 2 is 0.222 bits per heavy atom. The third-order valence-electron chi connectivity index (χ3n) is 0. The van der Waals surface area contributed by atoms with Gasteiger partial charge in [-0.05, 0) is 0 Å². The SMILES string of the molecule is [PoH].[PoH].[Po].[Po].[Po].[Po].[Po].[Po].[Po]. The van der Waals surface area contributed by atoms with Crippen molar-refractivity contribution in [1.82, 2.24) is 0 Å². The third kappa shape index (κ3) is 48.9. The van der Waals surface area contributed by atoms with E-state index in [1.54, 1.807) is 0 Å². The van der Waals surface area contributed by atoms with Crippen LogP contribution in [0.2, 0.25) is 0 Å². The van der Waals surface area contributed by atoms with Gasteiger partial charge in [0, 0.05) is 186 Å². The van der Waals surface area contributed by atoms with Gasteiger partial charge in [-0.2, -0.15) is 0 Å². The molecule has 16 radical (unpaired) electrons. The van der Waals surface area contributed by atoms with Gasteiger partial charge in [-0.15, -0.1) is 0 Å². The van der Waals surface area contributed by atoms with Crippen LogP contribution in [0.4, 0.5) is 0 Å². The molecular weight excluding hydrogens is 1880 g/mol. The molecule has 56 valence electrons. The third-order valence-corrected chi connectivity index (χ3v) is 0. The molecule has 9 heteroatoms. The van der Waals surface area contributed by atoms with Crippen molar-refractivity contribution < 1.29 is 0 Å². The largest absolute Gasteiger partial charge is 0 e. The van der Waals surface area contributed by atoms with E-state index in [0.29, 0.717) is 0 Å². The fraction of sp³-hybridized carbons (Fsp3) is 0. The van der Waals surface area contributed by atoms with Gasteiger partial charge in [0.2, 0.25) is 0 Å². The first-order valence-electron chi connectivity index (χ1n) is 0. The van der Waals surface area contributed by atoms with Crippen molar-refractivity contribution >= 4 is 239 Å². The van der Waals surface area contributed by atoms with Gasteiger partial charge in [-0.1, -0.05) is 0 Å². The molecule has 0 heterocycles. The summed E-state index contributed by atoms with van der Waals surface area (Å²) in [7, 11) is 0. The van der Waals surface area contributed by atoms with Gasteiger partial charge in [-0.25, -0.2) is 0 Å². The second-order valence-electron chi connectivity index (χ2n) is 0. The van der Waals surface area contributed by atoms with Gasteiger partial charge >= 0.3 is 53.1 Å². The predicted octanol–water partition coefficient (Wildman–Crippen LogP) is -3.96. The van der Waals surface area contributed by atoms with Gasteiger partial charge in [0.05, 0.1) is 0 Å². The van der Waals surface area contributed by atoms with Crippen LogP contribution in [0.5, 0.6) is 0 Å². The summed E-state index contributed by atoms with van der Waals surface area (Å²) in [5.41, 5.74) is 0. The van der Waals surface area contributed by atoms with E-state index in [4.69, 9.17) is 0 Å². The number of hydrogen-bond donors (Lipinski definition) is 0. The molecule has 0 aromatic heterocycles. The second-order valence-corrected chi connectivity index (χ2v) is 0. The van der Waals surface area contributed by atoms with Crippen LogP contribution >= 0.6 is 0 Å². The van der Waals surface area contributed by atoms with E-state index >= 15 is 0 Å². The predicted molar refractivity (Wildman–Crippen MR) is 54.6 cm³/mol. The van der Waals surface area contributed by atoms with E-state index in [-0.39, 0.29) is 239 Å². The van der Waals surface area contributed by atoms with E-state index < -0.39 is 0 Å². The van der Waals surface area contributed by atoms with Crippen LogP contribution < -0.4 is 0 Å². The Labute approximate surface area is 232 Å². The van der Waals surface area contributed by atoms with Crippen molar-refractivity contribution in [2.24, 2.45) is 0 Å². The van der Waals surface area contributed by atoms with Crippen molar-refractivity contribution in [3.05, 3.63) is 0 Å². The van der Waals surface area contributed by atoms with E-state index in [9.17, 15) is 0 Å². The van der Waals surface area contributed by atoms with Gasteiger partial charge in [0.15, 0.2) is 0 Å². The summed E-state index contributed by atoms with van der Waals surface area (Å²) in [6.45, 7) is 0. The van der Waals surface area contributed by atoms with E-state index in [2.05, 4.69) is 0 Å². The summed E-state index contributed by atoms with van der Waals surface area (Å²) in [5, 5.41) is 0. The van der Waals surface area contributed by atoms with Crippen molar-refractivity contribution in [3.8, 4) is 0 Å². The molecule has 0 amide bonds. The van der Waals surface area contributed by atoms with Crippen LogP contribution in [0, 0.1) is 0 Å². The van der Waals surface area contributed by atoms with Crippen LogP contribution in [0.1, 0.15) is 0 Å². The first-order valence-corrected chi connectivity index (χ1v) is 0. The van der Waals surface area contributed by atoms with Crippen LogP contribution in [0.3, 0.4) is 0 Å². The molecule has 0 rings (SSSR count). The van der Waals surface area contributed by atoms with Gasteiger partial charge in [-0.3, -0.25) is 0 Å². The Morgan fingerprint density at radius 1 is 0.222 bits per heavy atom. The van der Waals surface area contributed by atoms with Crippen molar-refractivity contribution in [3.63, 3.8) is 0 Å². The molecule has 9 heavy (non-hydrogen) atoms. The quantitative estimate of drug-likeness (QED) is 0.233. The number of rotatable bonds is 0. The molecule has 0 nitrogen and oxygen atoms in total. The maximum Gasteiger partial charge on any atom is 0 e. The summed E-state index contributed by atoms with van der Waals surface area (Å²) < 4.78 is 0. The molecule has 0 aliphatic rings. The fourth-order valence-electron chi connectivity index (χ4n) is 0. The minimum Gasteiger partial charge on any atom is 0 e. The fourth-order valence-corrected chi connectivity index (χ4v) is 0. The molecular formula is H2Po9. The van der Waals surface area contributed by atoms with Gasteiger partial charge in [0.1, 0.15) is 0 Å². The van der Waals surface area contributed by atoms with Crippen molar-refractivity contribution in [2.45, 2.75) is 0 Å². The standard InChI is InChI=1S/9Po.2H. The molecule has 0 N–H and O–H groups in total. The monoisotopic (exact) mass is 1880 g/mol. The van der Waals surface area contributed by atoms with Gasteiger partial charge in [0.25, 0.3) is 0 Å². The maximum atomic E-state index is 0. The molecule has 0 spiro atoms. The Morgan fingerprint density at radius 3 is 0.222 bits per heavy atom. The van der Waals surface area contributed by atoms with E-state index in [0.717, 1.165) is 0 Å². The summed E-state index contributed by atoms with van der Waals surface area (Å²) >= 11 is 0. The van der Waals surface area contributed by atoms with E-state index in [1.165, 1.54) is 0 Å². The molecule has 0 aliphatic carbocycles. The summed E-state index contributed by atoms with van der Waals surface area (Å²) in [4.78, 5) is 0. The molecule has 0 fully saturated rings. The van der Waals surface area contributed by atoms with Crippen LogP contribution in [-0.4, -0.2) is 239 Å². The van der Waals surface area contributed by atoms with Crippen molar-refractivity contribution in [2.75, 3.05) is 0 Å². The zero-order valence-corrected chi connectivity index (χ0v) is 32.9. The molecule has 0 atom stereocenters.